The number of fused-ring (bicyclic) bond motifs is 1. The Labute approximate surface area is 246 Å². The molecule has 3 saturated heterocycles. The van der Waals surface area contributed by atoms with E-state index in [2.05, 4.69) is 15.5 Å². The molecule has 0 aliphatic carbocycles. The number of likely N-dealkylation sites (tertiary alicyclic amines) is 1. The molecule has 0 spiro atoms. The van der Waals surface area contributed by atoms with Crippen LogP contribution < -0.4 is 10.6 Å². The molecular weight excluding hydrogens is 571 g/mol. The van der Waals surface area contributed by atoms with Crippen LogP contribution in [0.15, 0.2) is 35.2 Å². The molecule has 4 rings (SSSR count). The number of carbonyl (C=O) groups excluding carboxylic acids is 2. The number of nitrogens with zero attached hydrogens (tertiary/aromatic N) is 1. The number of aliphatic hydroxyl groups is 1. The van der Waals surface area contributed by atoms with Crippen LogP contribution in [0.4, 0.5) is 4.79 Å². The van der Waals surface area contributed by atoms with Crippen molar-refractivity contribution in [1.29, 1.82) is 0 Å². The molecule has 0 aromatic heterocycles. The number of alkyl carbamates (subject to hydrolysis) is 1. The van der Waals surface area contributed by atoms with Crippen LogP contribution in [0.2, 0.25) is 0 Å². The summed E-state index contributed by atoms with van der Waals surface area (Å²) in [6, 6.07) is 8.68. The standard InChI is InChI=1S/C28H43N3O6S3/c1-18-24(11-13-40(18,35)36)37-27(34)29-21(17-39-20-8-6-5-7-9-20)23(32)16-31-15-19-10-12-38-25(19)14-22(31)26(33)30-28(2,3)4/h5-9,18-19,21-25,32H,10-17H2,1-4H3,(H,29,34)(H,30,33)/t18-,19-,21+,22+,23-,24-,25+/m1/s1. The van der Waals surface area contributed by atoms with Crippen molar-refractivity contribution < 1.29 is 27.9 Å². The second kappa shape index (κ2) is 13.2. The number of hydrogen-bond donors (Lipinski definition) is 3. The minimum Gasteiger partial charge on any atom is -0.445 e. The number of sulfone groups is 1. The highest BCUT2D eigenvalue weighted by Crippen LogP contribution is 2.40. The number of benzene rings is 1. The van der Waals surface area contributed by atoms with Crippen molar-refractivity contribution in [3.63, 3.8) is 0 Å². The number of ether oxygens (including phenoxy) is 1. The van der Waals surface area contributed by atoms with Gasteiger partial charge in [-0.15, -0.1) is 11.8 Å². The number of thioether (sulfide) groups is 2. The number of carbonyl (C=O) groups is 2. The van der Waals surface area contributed by atoms with Crippen LogP contribution in [0.25, 0.3) is 0 Å². The fourth-order valence-electron chi connectivity index (χ4n) is 5.62. The van der Waals surface area contributed by atoms with E-state index in [1.165, 1.54) is 11.8 Å². The molecule has 3 fully saturated rings. The average molecular weight is 614 g/mol. The van der Waals surface area contributed by atoms with Crippen molar-refractivity contribution in [1.82, 2.24) is 15.5 Å². The fraction of sp³-hybridized carbons (Fsp3) is 0.714. The van der Waals surface area contributed by atoms with Crippen LogP contribution in [0, 0.1) is 5.92 Å². The second-order valence-electron chi connectivity index (χ2n) is 12.1. The second-order valence-corrected chi connectivity index (χ2v) is 17.1. The molecule has 1 aromatic rings. The molecule has 0 saturated carbocycles. The van der Waals surface area contributed by atoms with Crippen molar-refractivity contribution >= 4 is 45.4 Å². The fourth-order valence-corrected chi connectivity index (χ4v) is 9.78. The maximum absolute atomic E-state index is 13.3. The van der Waals surface area contributed by atoms with Gasteiger partial charge in [0.2, 0.25) is 5.91 Å². The van der Waals surface area contributed by atoms with E-state index >= 15 is 0 Å². The predicted octanol–water partition coefficient (Wildman–Crippen LogP) is 2.92. The van der Waals surface area contributed by atoms with E-state index in [-0.39, 0.29) is 36.2 Å². The zero-order chi connectivity index (χ0) is 29.1. The highest BCUT2D eigenvalue weighted by Gasteiger charge is 2.44. The third kappa shape index (κ3) is 8.30. The van der Waals surface area contributed by atoms with E-state index in [0.717, 1.165) is 30.0 Å². The molecule has 2 amide bonds. The molecule has 3 aliphatic rings. The molecule has 0 radical (unpaired) electrons. The third-order valence-corrected chi connectivity index (χ3v) is 12.8. The van der Waals surface area contributed by atoms with Gasteiger partial charge in [0.05, 0.1) is 29.2 Å². The lowest BCUT2D eigenvalue weighted by atomic mass is 9.89. The van der Waals surface area contributed by atoms with E-state index in [0.29, 0.717) is 16.9 Å². The van der Waals surface area contributed by atoms with E-state index in [1.54, 1.807) is 6.92 Å². The van der Waals surface area contributed by atoms with Crippen molar-refractivity contribution in [2.45, 2.75) is 92.2 Å². The van der Waals surface area contributed by atoms with Crippen molar-refractivity contribution in [2.24, 2.45) is 5.92 Å². The molecule has 3 heterocycles. The molecule has 224 valence electrons. The summed E-state index contributed by atoms with van der Waals surface area (Å²) in [7, 11) is -3.27. The highest BCUT2D eigenvalue weighted by atomic mass is 32.2. The van der Waals surface area contributed by atoms with E-state index in [9.17, 15) is 23.1 Å². The molecule has 0 unspecified atom stereocenters. The molecule has 0 bridgehead atoms. The van der Waals surface area contributed by atoms with Gasteiger partial charge in [-0.2, -0.15) is 11.8 Å². The summed E-state index contributed by atoms with van der Waals surface area (Å²) >= 11 is 3.44. The van der Waals surface area contributed by atoms with Gasteiger partial charge in [-0.3, -0.25) is 9.69 Å². The van der Waals surface area contributed by atoms with Gasteiger partial charge < -0.3 is 20.5 Å². The minimum atomic E-state index is -3.27. The first kappa shape index (κ1) is 31.5. The van der Waals surface area contributed by atoms with Crippen LogP contribution in [-0.4, -0.2) is 101 Å². The molecule has 12 heteroatoms. The van der Waals surface area contributed by atoms with Gasteiger partial charge in [0, 0.05) is 34.5 Å². The van der Waals surface area contributed by atoms with Gasteiger partial charge in [-0.05, 0) is 70.8 Å². The number of aliphatic hydroxyl groups excluding tert-OH is 1. The Morgan fingerprint density at radius 1 is 1.23 bits per heavy atom. The number of amides is 2. The predicted molar refractivity (Wildman–Crippen MR) is 160 cm³/mol. The van der Waals surface area contributed by atoms with Gasteiger partial charge >= 0.3 is 6.09 Å². The summed E-state index contributed by atoms with van der Waals surface area (Å²) in [6.45, 7) is 8.39. The number of β-amino-alcohol motifs (C(OH)–C–C–N with tert-alkyl or cyclic N) is 1. The Morgan fingerprint density at radius 3 is 2.60 bits per heavy atom. The van der Waals surface area contributed by atoms with Gasteiger partial charge in [0.15, 0.2) is 9.84 Å². The normalized spacial score (nSPS) is 29.8. The Morgan fingerprint density at radius 2 is 1.95 bits per heavy atom. The first-order chi connectivity index (χ1) is 18.8. The summed E-state index contributed by atoms with van der Waals surface area (Å²) < 4.78 is 29.8. The lowest BCUT2D eigenvalue weighted by Gasteiger charge is -2.43. The molecule has 3 N–H and O–H groups in total. The van der Waals surface area contributed by atoms with Gasteiger partial charge in [-0.1, -0.05) is 18.2 Å². The number of hydrogen-bond acceptors (Lipinski definition) is 9. The quantitative estimate of drug-likeness (QED) is 0.361. The minimum absolute atomic E-state index is 0.00451. The molecule has 40 heavy (non-hydrogen) atoms. The van der Waals surface area contributed by atoms with Crippen LogP contribution in [-0.2, 0) is 19.4 Å². The smallest absolute Gasteiger partial charge is 0.407 e. The lowest BCUT2D eigenvalue weighted by molar-refractivity contribution is -0.130. The summed E-state index contributed by atoms with van der Waals surface area (Å²) in [4.78, 5) is 29.3. The lowest BCUT2D eigenvalue weighted by Crippen LogP contribution is -2.60. The molecule has 1 aromatic carbocycles. The van der Waals surface area contributed by atoms with Crippen LogP contribution in [0.3, 0.4) is 0 Å². The number of piperidine rings is 1. The Kier molecular flexibility index (Phi) is 10.4. The number of rotatable bonds is 9. The zero-order valence-electron chi connectivity index (χ0n) is 23.7. The first-order valence-corrected chi connectivity index (χ1v) is 17.8. The Hall–Kier alpha value is -1.47. The van der Waals surface area contributed by atoms with Crippen molar-refractivity contribution in [2.75, 3.05) is 30.3 Å². The van der Waals surface area contributed by atoms with Gasteiger partial charge in [0.25, 0.3) is 0 Å². The van der Waals surface area contributed by atoms with Crippen LogP contribution >= 0.6 is 23.5 Å². The van der Waals surface area contributed by atoms with E-state index in [1.807, 2.05) is 62.9 Å². The summed E-state index contributed by atoms with van der Waals surface area (Å²) in [5, 5.41) is 17.1. The van der Waals surface area contributed by atoms with Gasteiger partial charge in [0.1, 0.15) is 6.10 Å². The van der Waals surface area contributed by atoms with Crippen molar-refractivity contribution in [3.8, 4) is 0 Å². The SMILES string of the molecule is C[C@@H]1[C@H](OC(=O)N[C@@H](CSc2ccccc2)[C@H](O)CN2C[C@H]3CCS[C@H]3C[C@H]2C(=O)NC(C)(C)C)CCS1(=O)=O. The third-order valence-electron chi connectivity index (χ3n) is 7.91. The Bertz CT molecular complexity index is 1130. The summed E-state index contributed by atoms with van der Waals surface area (Å²) in [6.07, 6.45) is -0.327. The average Bonchev–Trinajstić information content (AvgIpc) is 3.44. The highest BCUT2D eigenvalue weighted by molar-refractivity contribution is 8.00. The van der Waals surface area contributed by atoms with E-state index in [4.69, 9.17) is 4.74 Å². The molecule has 3 aliphatic heterocycles. The van der Waals surface area contributed by atoms with Crippen LogP contribution in [0.5, 0.6) is 0 Å². The summed E-state index contributed by atoms with van der Waals surface area (Å²) in [5.74, 6) is 1.89. The number of nitrogens with one attached hydrogen (secondary N) is 2. The maximum Gasteiger partial charge on any atom is 0.407 e. The van der Waals surface area contributed by atoms with Gasteiger partial charge in [-0.25, -0.2) is 13.2 Å². The first-order valence-electron chi connectivity index (χ1n) is 14.0. The monoisotopic (exact) mass is 613 g/mol. The molecule has 7 atom stereocenters. The maximum atomic E-state index is 13.3. The van der Waals surface area contributed by atoms with E-state index < -0.39 is 39.4 Å². The van der Waals surface area contributed by atoms with Crippen molar-refractivity contribution in [3.05, 3.63) is 30.3 Å². The largest absolute Gasteiger partial charge is 0.445 e. The van der Waals surface area contributed by atoms with Crippen LogP contribution in [0.1, 0.15) is 47.0 Å². The molecule has 9 nitrogen and oxygen atoms in total. The topological polar surface area (TPSA) is 125 Å². The summed E-state index contributed by atoms with van der Waals surface area (Å²) in [5.41, 5.74) is -0.369. The Balaban J connectivity index is 1.46. The molecular formula is C28H43N3O6S3. The zero-order valence-corrected chi connectivity index (χ0v) is 26.2.